The van der Waals surface area contributed by atoms with E-state index in [0.29, 0.717) is 40.9 Å². The second-order valence-corrected chi connectivity index (χ2v) is 7.71. The number of nitro groups is 1. The lowest BCUT2D eigenvalue weighted by Crippen LogP contribution is -2.48. The lowest BCUT2D eigenvalue weighted by molar-refractivity contribution is -0.385. The summed E-state index contributed by atoms with van der Waals surface area (Å²) in [6.07, 6.45) is 2.04. The Morgan fingerprint density at radius 2 is 2.19 bits per heavy atom. The van der Waals surface area contributed by atoms with E-state index in [4.69, 9.17) is 6.57 Å². The molecule has 164 valence electrons. The molecule has 1 saturated heterocycles. The minimum atomic E-state index is -1.11. The summed E-state index contributed by atoms with van der Waals surface area (Å²) in [4.78, 5) is 29.0. The minimum absolute atomic E-state index is 0.00161. The highest BCUT2D eigenvalue weighted by molar-refractivity contribution is 5.82. The number of halogens is 1. The Hall–Kier alpha value is -4.07. The number of hydrogen-bond donors (Lipinski definition) is 1. The van der Waals surface area contributed by atoms with Crippen LogP contribution in [0.5, 0.6) is 0 Å². The molecule has 3 heterocycles. The quantitative estimate of drug-likeness (QED) is 0.368. The first-order chi connectivity index (χ1) is 15.3. The van der Waals surface area contributed by atoms with Crippen molar-refractivity contribution >= 4 is 40.4 Å². The van der Waals surface area contributed by atoms with E-state index in [1.165, 1.54) is 18.3 Å². The van der Waals surface area contributed by atoms with Gasteiger partial charge in [-0.05, 0) is 13.0 Å². The second-order valence-electron chi connectivity index (χ2n) is 7.71. The number of anilines is 2. The number of alkyl halides is 1. The van der Waals surface area contributed by atoms with Crippen molar-refractivity contribution in [1.82, 2.24) is 19.5 Å². The van der Waals surface area contributed by atoms with Gasteiger partial charge >= 0.3 is 0 Å². The molecule has 2 aromatic heterocycles. The zero-order chi connectivity index (χ0) is 23.0. The third-order valence-corrected chi connectivity index (χ3v) is 5.50. The van der Waals surface area contributed by atoms with Crippen molar-refractivity contribution in [2.75, 3.05) is 23.3 Å². The lowest BCUT2D eigenvalue weighted by Gasteiger charge is -2.35. The fourth-order valence-corrected chi connectivity index (χ4v) is 3.98. The topological polar surface area (TPSA) is 106 Å². The van der Waals surface area contributed by atoms with Crippen molar-refractivity contribution in [3.63, 3.8) is 0 Å². The van der Waals surface area contributed by atoms with E-state index in [1.54, 1.807) is 13.0 Å². The monoisotopic (exact) mass is 436 g/mol. The zero-order valence-electron chi connectivity index (χ0n) is 17.6. The van der Waals surface area contributed by atoms with E-state index >= 15 is 0 Å². The molecule has 0 saturated carbocycles. The molecule has 4 rings (SSSR count). The molecule has 1 aliphatic heterocycles. The number of aryl methyl sites for hydroxylation is 2. The maximum Gasteiger partial charge on any atom is 0.274 e. The molecule has 1 N–H and O–H groups in total. The van der Waals surface area contributed by atoms with E-state index in [2.05, 4.69) is 31.7 Å². The van der Waals surface area contributed by atoms with Gasteiger partial charge in [-0.25, -0.2) is 24.2 Å². The van der Waals surface area contributed by atoms with Gasteiger partial charge in [-0.1, -0.05) is 12.7 Å². The summed E-state index contributed by atoms with van der Waals surface area (Å²) >= 11 is 0. The highest BCUT2D eigenvalue weighted by Crippen LogP contribution is 2.30. The van der Waals surface area contributed by atoms with E-state index < -0.39 is 11.1 Å². The van der Waals surface area contributed by atoms with E-state index in [0.717, 1.165) is 5.52 Å². The predicted molar refractivity (Wildman–Crippen MR) is 120 cm³/mol. The van der Waals surface area contributed by atoms with Crippen molar-refractivity contribution < 1.29 is 9.31 Å². The van der Waals surface area contributed by atoms with Gasteiger partial charge in [0.15, 0.2) is 0 Å². The van der Waals surface area contributed by atoms with Crippen LogP contribution in [-0.4, -0.2) is 49.7 Å². The Morgan fingerprint density at radius 3 is 2.88 bits per heavy atom. The summed E-state index contributed by atoms with van der Waals surface area (Å²) in [6, 6.07) is 2.87. The number of nitrogens with one attached hydrogen (secondary N) is 1. The molecule has 0 radical (unpaired) electrons. The fraction of sp³-hybridized carbons (Fsp3) is 0.333. The van der Waals surface area contributed by atoms with Gasteiger partial charge in [-0.2, -0.15) is 0 Å². The number of imidazole rings is 1. The van der Waals surface area contributed by atoms with Crippen LogP contribution in [0, 0.1) is 23.6 Å². The molecule has 0 aliphatic carbocycles. The Bertz CT molecular complexity index is 1260. The summed E-state index contributed by atoms with van der Waals surface area (Å²) in [6.45, 7) is 13.1. The van der Waals surface area contributed by atoms with Crippen molar-refractivity contribution in [3.05, 3.63) is 57.7 Å². The third kappa shape index (κ3) is 3.82. The molecule has 0 unspecified atom stereocenters. The van der Waals surface area contributed by atoms with Gasteiger partial charge in [0, 0.05) is 43.9 Å². The molecule has 0 amide bonds. The average molecular weight is 436 g/mol. The third-order valence-electron chi connectivity index (χ3n) is 5.50. The molecule has 11 heteroatoms. The molecule has 0 bridgehead atoms. The standard InChI is InChI=1S/C21H21FN8O2/c1-5-15-17(23-3)9-24-20(26-15)25-14-7-13(22)10-29(11-14)21-27-16-8-18(30(31)32)12(2)6-19(16)28(21)4/h5-6,8-9,13-14H,1,7,10-11H2,2,4H3,(H,24,25,26)/t13-,14-/m1/s1. The number of rotatable bonds is 5. The van der Waals surface area contributed by atoms with E-state index in [1.807, 2.05) is 16.5 Å². The summed E-state index contributed by atoms with van der Waals surface area (Å²) in [5.41, 5.74) is 2.47. The normalized spacial score (nSPS) is 18.4. The molecule has 1 aromatic carbocycles. The Labute approximate surface area is 183 Å². The first-order valence-electron chi connectivity index (χ1n) is 9.94. The van der Waals surface area contributed by atoms with Gasteiger partial charge in [-0.15, -0.1) is 0 Å². The van der Waals surface area contributed by atoms with Crippen LogP contribution in [0.2, 0.25) is 0 Å². The number of hydrogen-bond acceptors (Lipinski definition) is 7. The molecule has 10 nitrogen and oxygen atoms in total. The van der Waals surface area contributed by atoms with Gasteiger partial charge in [0.2, 0.25) is 17.6 Å². The van der Waals surface area contributed by atoms with E-state index in [9.17, 15) is 14.5 Å². The van der Waals surface area contributed by atoms with Crippen LogP contribution in [0.25, 0.3) is 22.0 Å². The molecule has 0 spiro atoms. The number of nitrogens with zero attached hydrogens (tertiary/aromatic N) is 7. The van der Waals surface area contributed by atoms with Crippen LogP contribution in [0.4, 0.5) is 27.7 Å². The first kappa shape index (κ1) is 21.2. The molecule has 32 heavy (non-hydrogen) atoms. The highest BCUT2D eigenvalue weighted by Gasteiger charge is 2.30. The first-order valence-corrected chi connectivity index (χ1v) is 9.94. The lowest BCUT2D eigenvalue weighted by atomic mass is 10.0. The molecule has 1 fully saturated rings. The molecular formula is C21H21FN8O2. The number of benzene rings is 1. The zero-order valence-corrected chi connectivity index (χ0v) is 17.6. The molecule has 1 aliphatic rings. The predicted octanol–water partition coefficient (Wildman–Crippen LogP) is 3.80. The average Bonchev–Trinajstić information content (AvgIpc) is 3.08. The van der Waals surface area contributed by atoms with Crippen molar-refractivity contribution in [2.45, 2.75) is 25.6 Å². The largest absolute Gasteiger partial charge is 0.350 e. The minimum Gasteiger partial charge on any atom is -0.350 e. The number of nitro benzene ring substituents is 1. The van der Waals surface area contributed by atoms with Crippen LogP contribution in [0.1, 0.15) is 17.7 Å². The van der Waals surface area contributed by atoms with Crippen molar-refractivity contribution in [2.24, 2.45) is 7.05 Å². The maximum atomic E-state index is 14.7. The number of piperidine rings is 1. The highest BCUT2D eigenvalue weighted by atomic mass is 19.1. The maximum absolute atomic E-state index is 14.7. The second kappa shape index (κ2) is 8.22. The SMILES string of the molecule is [C-]#[N+]c1cnc(N[C@@H]2C[C@@H](F)CN(c3nc4cc([N+](=O)[O-])c(C)cc4n3C)C2)nc1C=C. The number of aromatic nitrogens is 4. The van der Waals surface area contributed by atoms with E-state index in [-0.39, 0.29) is 24.7 Å². The molecule has 3 aromatic rings. The van der Waals surface area contributed by atoms with Gasteiger partial charge in [0.05, 0.1) is 34.8 Å². The molecule has 2 atom stereocenters. The Morgan fingerprint density at radius 1 is 1.41 bits per heavy atom. The van der Waals surface area contributed by atoms with Crippen molar-refractivity contribution in [3.8, 4) is 0 Å². The number of fused-ring (bicyclic) bond motifs is 1. The van der Waals surface area contributed by atoms with Gasteiger partial charge in [0.25, 0.3) is 5.69 Å². The van der Waals surface area contributed by atoms with Gasteiger partial charge in [0.1, 0.15) is 6.17 Å². The van der Waals surface area contributed by atoms with Crippen molar-refractivity contribution in [1.29, 1.82) is 0 Å². The summed E-state index contributed by atoms with van der Waals surface area (Å²) in [5, 5.41) is 14.4. The Balaban J connectivity index is 1.62. The molecular weight excluding hydrogens is 415 g/mol. The summed E-state index contributed by atoms with van der Waals surface area (Å²) in [7, 11) is 1.81. The van der Waals surface area contributed by atoms with Crippen LogP contribution in [0.15, 0.2) is 24.9 Å². The summed E-state index contributed by atoms with van der Waals surface area (Å²) < 4.78 is 16.5. The Kier molecular flexibility index (Phi) is 5.44. The fourth-order valence-electron chi connectivity index (χ4n) is 3.98. The summed E-state index contributed by atoms with van der Waals surface area (Å²) in [5.74, 6) is 0.827. The van der Waals surface area contributed by atoms with Gasteiger partial charge in [-0.3, -0.25) is 10.1 Å². The van der Waals surface area contributed by atoms with Crippen LogP contribution in [-0.2, 0) is 7.05 Å². The van der Waals surface area contributed by atoms with Gasteiger partial charge < -0.3 is 14.8 Å². The smallest absolute Gasteiger partial charge is 0.274 e. The van der Waals surface area contributed by atoms with Crippen LogP contribution in [0.3, 0.4) is 0 Å². The van der Waals surface area contributed by atoms with Crippen LogP contribution < -0.4 is 10.2 Å². The van der Waals surface area contributed by atoms with Crippen LogP contribution >= 0.6 is 0 Å².